The number of ether oxygens (including phenoxy) is 1. The number of allylic oxidation sites excluding steroid dienone is 1. The second-order valence-electron chi connectivity index (χ2n) is 8.38. The van der Waals surface area contributed by atoms with E-state index >= 15 is 0 Å². The summed E-state index contributed by atoms with van der Waals surface area (Å²) in [5.74, 6) is 0.769. The molecule has 0 radical (unpaired) electrons. The van der Waals surface area contributed by atoms with Gasteiger partial charge in [-0.2, -0.15) is 0 Å². The highest BCUT2D eigenvalue weighted by Gasteiger charge is 2.30. The number of hydrogen-bond acceptors (Lipinski definition) is 3. The van der Waals surface area contributed by atoms with Crippen LogP contribution >= 0.6 is 0 Å². The van der Waals surface area contributed by atoms with Gasteiger partial charge in [-0.25, -0.2) is 13.1 Å². The van der Waals surface area contributed by atoms with Crippen LogP contribution in [0.25, 0.3) is 0 Å². The highest BCUT2D eigenvalue weighted by Crippen LogP contribution is 2.41. The molecular formula is C20H33NO3S. The Morgan fingerprint density at radius 1 is 1.08 bits per heavy atom. The maximum Gasteiger partial charge on any atom is 0.240 e. The molecule has 4 nitrogen and oxygen atoms in total. The average molecular weight is 368 g/mol. The van der Waals surface area contributed by atoms with Crippen molar-refractivity contribution in [2.24, 2.45) is 0 Å². The van der Waals surface area contributed by atoms with Crippen LogP contribution in [-0.4, -0.2) is 22.1 Å². The predicted octanol–water partition coefficient (Wildman–Crippen LogP) is 4.53. The van der Waals surface area contributed by atoms with Crippen molar-refractivity contribution in [2.75, 3.05) is 13.7 Å². The van der Waals surface area contributed by atoms with Gasteiger partial charge in [0.15, 0.2) is 0 Å². The van der Waals surface area contributed by atoms with Crippen LogP contribution in [0.2, 0.25) is 0 Å². The van der Waals surface area contributed by atoms with Gasteiger partial charge < -0.3 is 4.74 Å². The highest BCUT2D eigenvalue weighted by atomic mass is 32.2. The van der Waals surface area contributed by atoms with Crippen LogP contribution in [0, 0.1) is 0 Å². The Kier molecular flexibility index (Phi) is 6.88. The van der Waals surface area contributed by atoms with E-state index in [0.29, 0.717) is 11.4 Å². The summed E-state index contributed by atoms with van der Waals surface area (Å²) >= 11 is 0. The van der Waals surface area contributed by atoms with Crippen LogP contribution in [0.5, 0.6) is 5.75 Å². The molecular weight excluding hydrogens is 334 g/mol. The second-order valence-corrected chi connectivity index (χ2v) is 10.1. The van der Waals surface area contributed by atoms with Crippen molar-refractivity contribution in [3.05, 3.63) is 35.9 Å². The molecule has 0 aromatic heterocycles. The molecule has 142 valence electrons. The van der Waals surface area contributed by atoms with Gasteiger partial charge in [0.1, 0.15) is 5.75 Å². The van der Waals surface area contributed by atoms with Gasteiger partial charge in [0, 0.05) is 17.7 Å². The third kappa shape index (κ3) is 5.58. The molecule has 1 aromatic rings. The lowest BCUT2D eigenvalue weighted by Gasteiger charge is -2.29. The first kappa shape index (κ1) is 21.7. The topological polar surface area (TPSA) is 55.4 Å². The van der Waals surface area contributed by atoms with E-state index in [9.17, 15) is 8.42 Å². The fraction of sp³-hybridized carbons (Fsp3) is 0.600. The largest absolute Gasteiger partial charge is 0.496 e. The molecule has 0 aliphatic heterocycles. The van der Waals surface area contributed by atoms with Gasteiger partial charge in [-0.15, -0.1) is 6.58 Å². The summed E-state index contributed by atoms with van der Waals surface area (Å²) in [6, 6.07) is 3.48. The van der Waals surface area contributed by atoms with Gasteiger partial charge in [0.25, 0.3) is 0 Å². The summed E-state index contributed by atoms with van der Waals surface area (Å²) in [4.78, 5) is 0.293. The predicted molar refractivity (Wildman–Crippen MR) is 105 cm³/mol. The van der Waals surface area contributed by atoms with Gasteiger partial charge in [-0.1, -0.05) is 47.6 Å². The van der Waals surface area contributed by atoms with Crippen molar-refractivity contribution in [3.63, 3.8) is 0 Å². The SMILES string of the molecule is C=CCCCNS(=O)(=O)c1cc(C(C)(C)C)c(OC)c(C(C)(C)C)c1. The number of nitrogens with one attached hydrogen (secondary N) is 1. The molecule has 25 heavy (non-hydrogen) atoms. The molecule has 0 aliphatic rings. The van der Waals surface area contributed by atoms with E-state index in [0.717, 1.165) is 29.7 Å². The zero-order valence-corrected chi connectivity index (χ0v) is 17.5. The molecule has 0 spiro atoms. The first-order valence-corrected chi connectivity index (χ1v) is 10.2. The quantitative estimate of drug-likeness (QED) is 0.569. The smallest absolute Gasteiger partial charge is 0.240 e. The van der Waals surface area contributed by atoms with Crippen LogP contribution in [0.3, 0.4) is 0 Å². The first-order valence-electron chi connectivity index (χ1n) is 8.68. The van der Waals surface area contributed by atoms with Crippen LogP contribution < -0.4 is 9.46 Å². The number of hydrogen-bond donors (Lipinski definition) is 1. The van der Waals surface area contributed by atoms with E-state index in [1.165, 1.54) is 0 Å². The summed E-state index contributed by atoms with van der Waals surface area (Å²) in [5.41, 5.74) is 1.32. The lowest BCUT2D eigenvalue weighted by molar-refractivity contribution is 0.380. The van der Waals surface area contributed by atoms with E-state index in [-0.39, 0.29) is 10.8 Å². The zero-order valence-electron chi connectivity index (χ0n) is 16.7. The Bertz CT molecular complexity index is 672. The molecule has 0 heterocycles. The maximum atomic E-state index is 12.8. The molecule has 0 bridgehead atoms. The normalized spacial score (nSPS) is 12.9. The summed E-state index contributed by atoms with van der Waals surface area (Å²) < 4.78 is 33.9. The standard InChI is InChI=1S/C20H33NO3S/c1-9-10-11-12-21-25(22,23)15-13-16(19(2,3)4)18(24-8)17(14-15)20(5,6)7/h9,13-14,21H,1,10-12H2,2-8H3. The summed E-state index contributed by atoms with van der Waals surface area (Å²) in [6.07, 6.45) is 3.31. The summed E-state index contributed by atoms with van der Waals surface area (Å²) in [6.45, 7) is 16.4. The molecule has 0 fully saturated rings. The molecule has 5 heteroatoms. The molecule has 0 unspecified atom stereocenters. The van der Waals surface area contributed by atoms with Gasteiger partial charge in [-0.3, -0.25) is 0 Å². The van der Waals surface area contributed by atoms with E-state index in [1.807, 2.05) is 0 Å². The minimum Gasteiger partial charge on any atom is -0.496 e. The number of benzene rings is 1. The van der Waals surface area contributed by atoms with Crippen LogP contribution in [0.1, 0.15) is 65.5 Å². The van der Waals surface area contributed by atoms with Crippen molar-refractivity contribution in [3.8, 4) is 5.75 Å². The number of methoxy groups -OCH3 is 1. The van der Waals surface area contributed by atoms with E-state index in [4.69, 9.17) is 4.74 Å². The molecule has 0 amide bonds. The second kappa shape index (κ2) is 7.92. The van der Waals surface area contributed by atoms with E-state index in [1.54, 1.807) is 25.3 Å². The fourth-order valence-corrected chi connectivity index (χ4v) is 3.75. The summed E-state index contributed by atoms with van der Waals surface area (Å²) in [5, 5.41) is 0. The van der Waals surface area contributed by atoms with Crippen molar-refractivity contribution in [2.45, 2.75) is 70.1 Å². The van der Waals surface area contributed by atoms with Crippen molar-refractivity contribution >= 4 is 10.0 Å². The third-order valence-corrected chi connectivity index (χ3v) is 5.51. The Morgan fingerprint density at radius 2 is 1.56 bits per heavy atom. The number of sulfonamides is 1. The van der Waals surface area contributed by atoms with Gasteiger partial charge >= 0.3 is 0 Å². The highest BCUT2D eigenvalue weighted by molar-refractivity contribution is 7.89. The van der Waals surface area contributed by atoms with Crippen molar-refractivity contribution in [1.82, 2.24) is 4.72 Å². The Hall–Kier alpha value is -1.33. The Morgan fingerprint density at radius 3 is 1.92 bits per heavy atom. The third-order valence-electron chi connectivity index (χ3n) is 4.07. The molecule has 0 aliphatic carbocycles. The Balaban J connectivity index is 3.49. The minimum absolute atomic E-state index is 0.236. The number of rotatable bonds is 7. The van der Waals surface area contributed by atoms with Crippen LogP contribution in [0.15, 0.2) is 29.7 Å². The fourth-order valence-electron chi connectivity index (χ4n) is 2.63. The minimum atomic E-state index is -3.57. The van der Waals surface area contributed by atoms with E-state index < -0.39 is 10.0 Å². The molecule has 0 atom stereocenters. The molecule has 1 rings (SSSR count). The molecule has 0 saturated heterocycles. The monoisotopic (exact) mass is 367 g/mol. The lowest BCUT2D eigenvalue weighted by atomic mass is 9.79. The lowest BCUT2D eigenvalue weighted by Crippen LogP contribution is -2.27. The summed E-state index contributed by atoms with van der Waals surface area (Å²) in [7, 11) is -1.93. The van der Waals surface area contributed by atoms with Gasteiger partial charge in [0.2, 0.25) is 10.0 Å². The first-order chi connectivity index (χ1) is 11.3. The molecule has 0 saturated carbocycles. The van der Waals surface area contributed by atoms with Crippen LogP contribution in [0.4, 0.5) is 0 Å². The van der Waals surface area contributed by atoms with Crippen LogP contribution in [-0.2, 0) is 20.9 Å². The average Bonchev–Trinajstić information content (AvgIpc) is 2.48. The maximum absolute atomic E-state index is 12.8. The van der Waals surface area contributed by atoms with E-state index in [2.05, 4.69) is 52.8 Å². The molecule has 1 N–H and O–H groups in total. The van der Waals surface area contributed by atoms with Gasteiger partial charge in [-0.05, 0) is 35.8 Å². The molecule has 1 aromatic carbocycles. The number of unbranched alkanes of at least 4 members (excludes halogenated alkanes) is 1. The Labute approximate surface area is 153 Å². The van der Waals surface area contributed by atoms with Crippen molar-refractivity contribution in [1.29, 1.82) is 0 Å². The van der Waals surface area contributed by atoms with Crippen molar-refractivity contribution < 1.29 is 13.2 Å². The zero-order chi connectivity index (χ0) is 19.5. The van der Waals surface area contributed by atoms with Gasteiger partial charge in [0.05, 0.1) is 12.0 Å².